The fourth-order valence-electron chi connectivity index (χ4n) is 3.16. The third-order valence-electron chi connectivity index (χ3n) is 4.62. The quantitative estimate of drug-likeness (QED) is 0.741. The minimum Gasteiger partial charge on any atom is -0.339 e. The molecule has 1 aromatic carbocycles. The van der Waals surface area contributed by atoms with Gasteiger partial charge in [-0.25, -0.2) is 17.6 Å². The molecule has 2 heterocycles. The second kappa shape index (κ2) is 7.20. The Kier molecular flexibility index (Phi) is 5.15. The summed E-state index contributed by atoms with van der Waals surface area (Å²) in [7, 11) is -3.26. The van der Waals surface area contributed by atoms with Crippen molar-refractivity contribution in [1.29, 1.82) is 0 Å². The first kappa shape index (κ1) is 18.6. The predicted molar refractivity (Wildman–Crippen MR) is 93.7 cm³/mol. The van der Waals surface area contributed by atoms with E-state index in [9.17, 15) is 22.4 Å². The summed E-state index contributed by atoms with van der Waals surface area (Å²) in [6.07, 6.45) is 1.14. The Hall–Kier alpha value is -2.20. The minimum absolute atomic E-state index is 0.0946. The van der Waals surface area contributed by atoms with E-state index in [0.717, 1.165) is 6.26 Å². The molecule has 142 valence electrons. The lowest BCUT2D eigenvalue weighted by molar-refractivity contribution is -0.132. The Morgan fingerprint density at radius 1 is 1.08 bits per heavy atom. The Balaban J connectivity index is 1.58. The summed E-state index contributed by atoms with van der Waals surface area (Å²) in [5.74, 6) is -0.715. The maximum absolute atomic E-state index is 13.9. The van der Waals surface area contributed by atoms with Crippen molar-refractivity contribution in [2.75, 3.05) is 57.0 Å². The van der Waals surface area contributed by atoms with Crippen LogP contribution >= 0.6 is 0 Å². The molecule has 0 bridgehead atoms. The van der Waals surface area contributed by atoms with E-state index in [-0.39, 0.29) is 31.2 Å². The highest BCUT2D eigenvalue weighted by Gasteiger charge is 2.34. The molecule has 0 unspecified atom stereocenters. The number of urea groups is 1. The largest absolute Gasteiger partial charge is 0.339 e. The zero-order valence-electron chi connectivity index (χ0n) is 14.5. The van der Waals surface area contributed by atoms with E-state index in [4.69, 9.17) is 0 Å². The molecule has 0 aliphatic carbocycles. The summed E-state index contributed by atoms with van der Waals surface area (Å²) in [5, 5.41) is 0. The Morgan fingerprint density at radius 3 is 2.35 bits per heavy atom. The molecule has 3 amide bonds. The summed E-state index contributed by atoms with van der Waals surface area (Å²) < 4.78 is 38.3. The number of sulfonamides is 1. The van der Waals surface area contributed by atoms with E-state index in [1.807, 2.05) is 0 Å². The molecular weight excluding hydrogens is 363 g/mol. The lowest BCUT2D eigenvalue weighted by atomic mass is 10.3. The van der Waals surface area contributed by atoms with Gasteiger partial charge in [0.2, 0.25) is 15.9 Å². The van der Waals surface area contributed by atoms with Gasteiger partial charge in [-0.3, -0.25) is 9.69 Å². The van der Waals surface area contributed by atoms with E-state index < -0.39 is 21.9 Å². The highest BCUT2D eigenvalue weighted by molar-refractivity contribution is 7.88. The molecule has 8 nitrogen and oxygen atoms in total. The van der Waals surface area contributed by atoms with E-state index in [1.54, 1.807) is 17.0 Å². The third kappa shape index (κ3) is 3.80. The molecule has 0 radical (unpaired) electrons. The van der Waals surface area contributed by atoms with Crippen LogP contribution in [0.25, 0.3) is 0 Å². The van der Waals surface area contributed by atoms with E-state index >= 15 is 0 Å². The monoisotopic (exact) mass is 384 g/mol. The van der Waals surface area contributed by atoms with Crippen molar-refractivity contribution in [3.63, 3.8) is 0 Å². The van der Waals surface area contributed by atoms with Crippen LogP contribution in [-0.2, 0) is 14.8 Å². The van der Waals surface area contributed by atoms with Gasteiger partial charge in [0, 0.05) is 39.3 Å². The SMILES string of the molecule is CS(=O)(=O)N1CCN(C(=O)CN2CCN(c3ccccc3F)C2=O)CC1. The van der Waals surface area contributed by atoms with Crippen molar-refractivity contribution in [2.45, 2.75) is 0 Å². The van der Waals surface area contributed by atoms with Crippen LogP contribution in [0.2, 0.25) is 0 Å². The molecule has 1 aromatic rings. The van der Waals surface area contributed by atoms with Gasteiger partial charge in [-0.05, 0) is 12.1 Å². The number of piperazine rings is 1. The van der Waals surface area contributed by atoms with Crippen molar-refractivity contribution < 1.29 is 22.4 Å². The maximum atomic E-state index is 13.9. The topological polar surface area (TPSA) is 81.2 Å². The summed E-state index contributed by atoms with van der Waals surface area (Å²) in [5.41, 5.74) is 0.203. The van der Waals surface area contributed by atoms with Crippen LogP contribution in [0, 0.1) is 5.82 Å². The minimum atomic E-state index is -3.26. The number of rotatable bonds is 4. The van der Waals surface area contributed by atoms with Crippen molar-refractivity contribution in [1.82, 2.24) is 14.1 Å². The fourth-order valence-corrected chi connectivity index (χ4v) is 3.98. The second-order valence-electron chi connectivity index (χ2n) is 6.35. The molecule has 0 atom stereocenters. The zero-order chi connectivity index (χ0) is 18.9. The van der Waals surface area contributed by atoms with E-state index in [2.05, 4.69) is 0 Å². The standard InChI is InChI=1S/C16H21FN4O4S/c1-26(24,25)20-9-6-18(7-10-20)15(22)12-19-8-11-21(16(19)23)14-5-3-2-4-13(14)17/h2-5H,6-12H2,1H3. The predicted octanol–water partition coefficient (Wildman–Crippen LogP) is 0.172. The van der Waals surface area contributed by atoms with Crippen LogP contribution in [0.1, 0.15) is 0 Å². The lowest BCUT2D eigenvalue weighted by Gasteiger charge is -2.34. The summed E-state index contributed by atoms with van der Waals surface area (Å²) in [6, 6.07) is 5.62. The Bertz CT molecular complexity index is 808. The van der Waals surface area contributed by atoms with Crippen molar-refractivity contribution in [3.8, 4) is 0 Å². The van der Waals surface area contributed by atoms with Crippen LogP contribution < -0.4 is 4.90 Å². The highest BCUT2D eigenvalue weighted by atomic mass is 32.2. The molecule has 0 spiro atoms. The molecule has 0 saturated carbocycles. The summed E-state index contributed by atoms with van der Waals surface area (Å²) in [6.45, 7) is 1.65. The number of anilines is 1. The van der Waals surface area contributed by atoms with E-state index in [0.29, 0.717) is 26.2 Å². The summed E-state index contributed by atoms with van der Waals surface area (Å²) >= 11 is 0. The number of carbonyl (C=O) groups is 2. The number of amides is 3. The molecule has 0 aromatic heterocycles. The number of benzene rings is 1. The number of hydrogen-bond donors (Lipinski definition) is 0. The Morgan fingerprint density at radius 2 is 1.73 bits per heavy atom. The molecule has 10 heteroatoms. The number of nitrogens with zero attached hydrogens (tertiary/aromatic N) is 4. The average Bonchev–Trinajstić information content (AvgIpc) is 2.95. The van der Waals surface area contributed by atoms with Crippen LogP contribution in [0.3, 0.4) is 0 Å². The van der Waals surface area contributed by atoms with Gasteiger partial charge < -0.3 is 9.80 Å². The fraction of sp³-hybridized carbons (Fsp3) is 0.500. The van der Waals surface area contributed by atoms with Crippen LogP contribution in [0.4, 0.5) is 14.9 Å². The van der Waals surface area contributed by atoms with Crippen molar-refractivity contribution in [2.24, 2.45) is 0 Å². The summed E-state index contributed by atoms with van der Waals surface area (Å²) in [4.78, 5) is 29.2. The van der Waals surface area contributed by atoms with Crippen LogP contribution in [-0.4, -0.2) is 86.5 Å². The van der Waals surface area contributed by atoms with E-state index in [1.165, 1.54) is 26.2 Å². The van der Waals surface area contributed by atoms with Gasteiger partial charge in [0.15, 0.2) is 0 Å². The number of carbonyl (C=O) groups excluding carboxylic acids is 2. The molecule has 0 N–H and O–H groups in total. The van der Waals surface area contributed by atoms with Gasteiger partial charge in [-0.2, -0.15) is 4.31 Å². The molecule has 2 aliphatic rings. The van der Waals surface area contributed by atoms with Crippen LogP contribution in [0.15, 0.2) is 24.3 Å². The molecule has 2 aliphatic heterocycles. The molecule has 26 heavy (non-hydrogen) atoms. The zero-order valence-corrected chi connectivity index (χ0v) is 15.3. The molecule has 3 rings (SSSR count). The molecule has 2 fully saturated rings. The van der Waals surface area contributed by atoms with Gasteiger partial charge in [0.1, 0.15) is 12.4 Å². The molecular formula is C16H21FN4O4S. The normalized spacial score (nSPS) is 19.3. The molecule has 2 saturated heterocycles. The number of hydrogen-bond acceptors (Lipinski definition) is 4. The lowest BCUT2D eigenvalue weighted by Crippen LogP contribution is -2.52. The van der Waals surface area contributed by atoms with Gasteiger partial charge in [0.05, 0.1) is 11.9 Å². The number of para-hydroxylation sites is 1. The smallest absolute Gasteiger partial charge is 0.325 e. The highest BCUT2D eigenvalue weighted by Crippen LogP contribution is 2.23. The van der Waals surface area contributed by atoms with Gasteiger partial charge >= 0.3 is 6.03 Å². The van der Waals surface area contributed by atoms with Gasteiger partial charge in [-0.15, -0.1) is 0 Å². The first-order chi connectivity index (χ1) is 12.3. The van der Waals surface area contributed by atoms with Gasteiger partial charge in [0.25, 0.3) is 0 Å². The third-order valence-corrected chi connectivity index (χ3v) is 5.93. The second-order valence-corrected chi connectivity index (χ2v) is 8.33. The Labute approximate surface area is 151 Å². The number of halogens is 1. The van der Waals surface area contributed by atoms with Crippen LogP contribution in [0.5, 0.6) is 0 Å². The maximum Gasteiger partial charge on any atom is 0.325 e. The first-order valence-electron chi connectivity index (χ1n) is 8.31. The van der Waals surface area contributed by atoms with Crippen molar-refractivity contribution in [3.05, 3.63) is 30.1 Å². The van der Waals surface area contributed by atoms with Crippen molar-refractivity contribution >= 4 is 27.6 Å². The van der Waals surface area contributed by atoms with Gasteiger partial charge in [-0.1, -0.05) is 12.1 Å². The average molecular weight is 384 g/mol. The first-order valence-corrected chi connectivity index (χ1v) is 10.2.